The maximum absolute atomic E-state index is 14.3. The van der Waals surface area contributed by atoms with Crippen molar-refractivity contribution in [3.8, 4) is 11.4 Å². The van der Waals surface area contributed by atoms with Gasteiger partial charge in [-0.15, -0.1) is 10.2 Å². The van der Waals surface area contributed by atoms with Gasteiger partial charge < -0.3 is 5.32 Å². The molecule has 0 fully saturated rings. The number of hydrogen-bond donors (Lipinski definition) is 1. The van der Waals surface area contributed by atoms with E-state index in [-0.39, 0.29) is 17.5 Å². The second kappa shape index (κ2) is 9.50. The average Bonchev–Trinajstić information content (AvgIpc) is 3.08. The molecule has 0 unspecified atom stereocenters. The van der Waals surface area contributed by atoms with E-state index < -0.39 is 0 Å². The predicted molar refractivity (Wildman–Crippen MR) is 110 cm³/mol. The lowest BCUT2D eigenvalue weighted by atomic mass is 10.2. The molecule has 0 aliphatic heterocycles. The minimum atomic E-state index is -0.351. The molecule has 2 aromatic carbocycles. The Morgan fingerprint density at radius 3 is 2.54 bits per heavy atom. The smallest absolute Gasteiger partial charge is 0.230 e. The lowest BCUT2D eigenvalue weighted by Gasteiger charge is -2.11. The van der Waals surface area contributed by atoms with Crippen molar-refractivity contribution < 1.29 is 9.18 Å². The molecule has 1 amide bonds. The summed E-state index contributed by atoms with van der Waals surface area (Å²) in [5, 5.41) is 11.9. The van der Waals surface area contributed by atoms with Crippen LogP contribution in [0.5, 0.6) is 0 Å². The average molecular weight is 399 g/mol. The van der Waals surface area contributed by atoms with Crippen LogP contribution < -0.4 is 5.32 Å². The van der Waals surface area contributed by atoms with E-state index in [9.17, 15) is 9.18 Å². The number of benzene rings is 2. The fourth-order valence-corrected chi connectivity index (χ4v) is 3.41. The van der Waals surface area contributed by atoms with Crippen LogP contribution in [0.25, 0.3) is 11.4 Å². The Balaban J connectivity index is 1.85. The maximum atomic E-state index is 14.3. The Bertz CT molecular complexity index is 927. The molecule has 0 aliphatic carbocycles. The van der Waals surface area contributed by atoms with Crippen molar-refractivity contribution in [1.82, 2.24) is 20.1 Å². The number of carbonyl (C=O) groups excluding carboxylic acids is 1. The van der Waals surface area contributed by atoms with Crippen LogP contribution in [0.15, 0.2) is 59.8 Å². The van der Waals surface area contributed by atoms with Gasteiger partial charge in [-0.3, -0.25) is 9.36 Å². The van der Waals surface area contributed by atoms with Crippen molar-refractivity contribution in [2.24, 2.45) is 5.92 Å². The molecule has 5 nitrogen and oxygen atoms in total. The van der Waals surface area contributed by atoms with E-state index in [0.29, 0.717) is 35.6 Å². The summed E-state index contributed by atoms with van der Waals surface area (Å²) in [7, 11) is 0. The number of hydrogen-bond acceptors (Lipinski definition) is 4. The van der Waals surface area contributed by atoms with Crippen LogP contribution in [-0.4, -0.2) is 33.0 Å². The number of rotatable bonds is 8. The van der Waals surface area contributed by atoms with Crippen molar-refractivity contribution in [3.05, 3.63) is 66.0 Å². The van der Waals surface area contributed by atoms with Gasteiger partial charge in [0.25, 0.3) is 0 Å². The zero-order valence-electron chi connectivity index (χ0n) is 15.9. The third-order valence-corrected chi connectivity index (χ3v) is 5.02. The Kier molecular flexibility index (Phi) is 6.81. The zero-order chi connectivity index (χ0) is 19.9. The lowest BCUT2D eigenvalue weighted by Crippen LogP contribution is -2.28. The van der Waals surface area contributed by atoms with Crippen molar-refractivity contribution in [1.29, 1.82) is 0 Å². The molecule has 28 heavy (non-hydrogen) atoms. The minimum Gasteiger partial charge on any atom is -0.355 e. The molecule has 1 heterocycles. The first kappa shape index (κ1) is 20.1. The number of halogens is 1. The Hall–Kier alpha value is -2.67. The summed E-state index contributed by atoms with van der Waals surface area (Å²) in [6.45, 7) is 5.22. The molecule has 0 saturated heterocycles. The van der Waals surface area contributed by atoms with E-state index in [1.807, 2.05) is 48.7 Å². The fourth-order valence-electron chi connectivity index (χ4n) is 2.64. The summed E-state index contributed by atoms with van der Waals surface area (Å²) in [5.74, 6) is 0.669. The summed E-state index contributed by atoms with van der Waals surface area (Å²) >= 11 is 1.30. The van der Waals surface area contributed by atoms with Gasteiger partial charge in [0.1, 0.15) is 5.82 Å². The van der Waals surface area contributed by atoms with E-state index in [2.05, 4.69) is 15.5 Å². The molecular weight excluding hydrogens is 375 g/mol. The second-order valence-electron chi connectivity index (χ2n) is 6.84. The zero-order valence-corrected chi connectivity index (χ0v) is 16.7. The molecular formula is C21H23FN4OS. The maximum Gasteiger partial charge on any atom is 0.230 e. The molecule has 0 radical (unpaired) electrons. The molecule has 0 spiro atoms. The van der Waals surface area contributed by atoms with Crippen molar-refractivity contribution in [3.63, 3.8) is 0 Å². The molecule has 7 heteroatoms. The van der Waals surface area contributed by atoms with Crippen LogP contribution >= 0.6 is 11.8 Å². The highest BCUT2D eigenvalue weighted by atomic mass is 32.2. The highest BCUT2D eigenvalue weighted by Gasteiger charge is 2.18. The van der Waals surface area contributed by atoms with E-state index in [0.717, 1.165) is 5.56 Å². The van der Waals surface area contributed by atoms with E-state index in [1.54, 1.807) is 18.2 Å². The first-order valence-electron chi connectivity index (χ1n) is 9.16. The standard InChI is InChI=1S/C21H23FN4OS/c1-15(2)12-23-19(27)14-28-21-25-24-20(17-10-6-7-11-18(17)22)26(21)13-16-8-4-3-5-9-16/h3-11,15H,12-14H2,1-2H3,(H,23,27). The van der Waals surface area contributed by atoms with Gasteiger partial charge in [0.15, 0.2) is 11.0 Å². The van der Waals surface area contributed by atoms with Crippen molar-refractivity contribution in [2.45, 2.75) is 25.5 Å². The van der Waals surface area contributed by atoms with Crippen LogP contribution in [0.2, 0.25) is 0 Å². The molecule has 0 bridgehead atoms. The van der Waals surface area contributed by atoms with Crippen LogP contribution in [0, 0.1) is 11.7 Å². The normalized spacial score (nSPS) is 11.0. The number of nitrogens with zero attached hydrogens (tertiary/aromatic N) is 3. The molecule has 0 saturated carbocycles. The molecule has 1 N–H and O–H groups in total. The van der Waals surface area contributed by atoms with Gasteiger partial charge in [-0.25, -0.2) is 4.39 Å². The topological polar surface area (TPSA) is 59.8 Å². The first-order valence-corrected chi connectivity index (χ1v) is 10.1. The number of nitrogens with one attached hydrogen (secondary N) is 1. The third-order valence-electron chi connectivity index (χ3n) is 4.05. The summed E-state index contributed by atoms with van der Waals surface area (Å²) in [6, 6.07) is 16.3. The number of thioether (sulfide) groups is 1. The van der Waals surface area contributed by atoms with Crippen molar-refractivity contribution >= 4 is 17.7 Å². The second-order valence-corrected chi connectivity index (χ2v) is 7.79. The molecule has 3 rings (SSSR count). The largest absolute Gasteiger partial charge is 0.355 e. The number of carbonyl (C=O) groups is 1. The number of aromatic nitrogens is 3. The Morgan fingerprint density at radius 2 is 1.82 bits per heavy atom. The summed E-state index contributed by atoms with van der Waals surface area (Å²) in [4.78, 5) is 12.1. The third kappa shape index (κ3) is 5.19. The van der Waals surface area contributed by atoms with E-state index >= 15 is 0 Å². The van der Waals surface area contributed by atoms with Crippen LogP contribution in [0.1, 0.15) is 19.4 Å². The quantitative estimate of drug-likeness (QED) is 0.583. The first-order chi connectivity index (χ1) is 13.5. The van der Waals surface area contributed by atoms with Gasteiger partial charge in [0.2, 0.25) is 5.91 Å². The lowest BCUT2D eigenvalue weighted by molar-refractivity contribution is -0.118. The summed E-state index contributed by atoms with van der Waals surface area (Å²) in [6.07, 6.45) is 0. The van der Waals surface area contributed by atoms with E-state index in [1.165, 1.54) is 17.8 Å². The predicted octanol–water partition coefficient (Wildman–Crippen LogP) is 4.00. The van der Waals surface area contributed by atoms with Crippen LogP contribution in [0.3, 0.4) is 0 Å². The summed E-state index contributed by atoms with van der Waals surface area (Å²) in [5.41, 5.74) is 1.44. The molecule has 1 aromatic heterocycles. The van der Waals surface area contributed by atoms with Gasteiger partial charge in [-0.05, 0) is 23.6 Å². The summed E-state index contributed by atoms with van der Waals surface area (Å²) < 4.78 is 16.2. The monoisotopic (exact) mass is 398 g/mol. The van der Waals surface area contributed by atoms with Crippen LogP contribution in [-0.2, 0) is 11.3 Å². The highest BCUT2D eigenvalue weighted by molar-refractivity contribution is 7.99. The molecule has 146 valence electrons. The molecule has 0 aliphatic rings. The van der Waals surface area contributed by atoms with E-state index in [4.69, 9.17) is 0 Å². The van der Waals surface area contributed by atoms with Gasteiger partial charge in [-0.2, -0.15) is 0 Å². The van der Waals surface area contributed by atoms with Gasteiger partial charge in [0.05, 0.1) is 17.9 Å². The van der Waals surface area contributed by atoms with Crippen LogP contribution in [0.4, 0.5) is 4.39 Å². The minimum absolute atomic E-state index is 0.0552. The van der Waals surface area contributed by atoms with Gasteiger partial charge >= 0.3 is 0 Å². The van der Waals surface area contributed by atoms with Gasteiger partial charge in [0, 0.05) is 6.54 Å². The SMILES string of the molecule is CC(C)CNC(=O)CSc1nnc(-c2ccccc2F)n1Cc1ccccc1. The Morgan fingerprint density at radius 1 is 1.11 bits per heavy atom. The highest BCUT2D eigenvalue weighted by Crippen LogP contribution is 2.26. The number of amides is 1. The Labute approximate surface area is 168 Å². The molecule has 3 aromatic rings. The fraction of sp³-hybridized carbons (Fsp3) is 0.286. The van der Waals surface area contributed by atoms with Gasteiger partial charge in [-0.1, -0.05) is 68.1 Å². The molecule has 0 atom stereocenters. The van der Waals surface area contributed by atoms with Crippen molar-refractivity contribution in [2.75, 3.05) is 12.3 Å².